The molecule has 3 fully saturated rings. The van der Waals surface area contributed by atoms with E-state index in [1.807, 2.05) is 0 Å². The van der Waals surface area contributed by atoms with Crippen LogP contribution in [0.3, 0.4) is 0 Å². The zero-order valence-corrected chi connectivity index (χ0v) is 18.4. The van der Waals surface area contributed by atoms with Crippen molar-refractivity contribution in [1.82, 2.24) is 21.3 Å². The van der Waals surface area contributed by atoms with Crippen molar-refractivity contribution in [3.05, 3.63) is 29.3 Å². The summed E-state index contributed by atoms with van der Waals surface area (Å²) >= 11 is 0. The van der Waals surface area contributed by atoms with E-state index in [4.69, 9.17) is 0 Å². The maximum Gasteiger partial charge on any atom is 0.315 e. The van der Waals surface area contributed by atoms with Gasteiger partial charge in [-0.3, -0.25) is 0 Å². The van der Waals surface area contributed by atoms with Gasteiger partial charge in [-0.1, -0.05) is 32.9 Å². The van der Waals surface area contributed by atoms with Gasteiger partial charge >= 0.3 is 12.1 Å². The molecule has 164 valence electrons. The topological polar surface area (TPSA) is 85.5 Å². The number of amides is 4. The number of nitrogens with zero attached hydrogens (tertiary/aromatic N) is 1. The summed E-state index contributed by atoms with van der Waals surface area (Å²) in [6.07, 6.45) is 5.29. The molecule has 0 aromatic heterocycles. The number of carbonyl (C=O) groups excluding carboxylic acids is 2. The van der Waals surface area contributed by atoms with Gasteiger partial charge in [0, 0.05) is 25.3 Å². The highest BCUT2D eigenvalue weighted by atomic mass is 16.2. The van der Waals surface area contributed by atoms with Gasteiger partial charge in [0.15, 0.2) is 0 Å². The van der Waals surface area contributed by atoms with Crippen LogP contribution in [0.2, 0.25) is 0 Å². The van der Waals surface area contributed by atoms with E-state index in [9.17, 15) is 9.59 Å². The molecule has 2 aliphatic heterocycles. The van der Waals surface area contributed by atoms with E-state index in [-0.39, 0.29) is 35.6 Å². The molecule has 3 atom stereocenters. The molecule has 7 nitrogen and oxygen atoms in total. The molecule has 4 N–H and O–H groups in total. The molecule has 3 aliphatic rings. The third-order valence-corrected chi connectivity index (χ3v) is 6.67. The molecule has 2 saturated heterocycles. The molecule has 1 aromatic carbocycles. The minimum absolute atomic E-state index is 0.0248. The number of rotatable bonds is 4. The fourth-order valence-electron chi connectivity index (χ4n) is 4.91. The van der Waals surface area contributed by atoms with Crippen molar-refractivity contribution in [2.45, 2.75) is 83.0 Å². The van der Waals surface area contributed by atoms with Gasteiger partial charge in [-0.15, -0.1) is 0 Å². The van der Waals surface area contributed by atoms with E-state index in [0.717, 1.165) is 37.9 Å². The number of hydrogen-bond donors (Lipinski definition) is 4. The number of fused-ring (bicyclic) bond motifs is 1. The van der Waals surface area contributed by atoms with Gasteiger partial charge in [0.1, 0.15) is 0 Å². The zero-order chi connectivity index (χ0) is 21.3. The zero-order valence-electron chi connectivity index (χ0n) is 18.4. The van der Waals surface area contributed by atoms with E-state index in [1.54, 1.807) is 0 Å². The molecule has 30 heavy (non-hydrogen) atoms. The summed E-state index contributed by atoms with van der Waals surface area (Å²) in [5.74, 6) is 0. The summed E-state index contributed by atoms with van der Waals surface area (Å²) in [5, 5.41) is 12.0. The first-order valence-corrected chi connectivity index (χ1v) is 11.3. The second-order valence-corrected chi connectivity index (χ2v) is 9.90. The van der Waals surface area contributed by atoms with Crippen molar-refractivity contribution in [2.24, 2.45) is 0 Å². The lowest BCUT2D eigenvalue weighted by Crippen LogP contribution is -2.56. The van der Waals surface area contributed by atoms with Crippen LogP contribution in [0.15, 0.2) is 18.2 Å². The Labute approximate surface area is 179 Å². The lowest BCUT2D eigenvalue weighted by atomic mass is 9.86. The maximum absolute atomic E-state index is 12.6. The van der Waals surface area contributed by atoms with Crippen LogP contribution in [0.4, 0.5) is 15.3 Å². The molecule has 1 aromatic rings. The summed E-state index contributed by atoms with van der Waals surface area (Å²) in [4.78, 5) is 26.7. The highest BCUT2D eigenvalue weighted by Crippen LogP contribution is 2.31. The second kappa shape index (κ2) is 8.36. The summed E-state index contributed by atoms with van der Waals surface area (Å²) in [7, 11) is 0. The molecule has 0 bridgehead atoms. The van der Waals surface area contributed by atoms with E-state index in [2.05, 4.69) is 65.1 Å². The summed E-state index contributed by atoms with van der Waals surface area (Å²) in [6.45, 7) is 9.34. The number of urea groups is 2. The Balaban J connectivity index is 1.41. The Morgan fingerprint density at radius 2 is 1.90 bits per heavy atom. The molecule has 1 saturated carbocycles. The van der Waals surface area contributed by atoms with Crippen LogP contribution < -0.4 is 26.2 Å². The molecular formula is C23H35N5O2. The van der Waals surface area contributed by atoms with Crippen LogP contribution >= 0.6 is 0 Å². The first-order valence-electron chi connectivity index (χ1n) is 11.3. The quantitative estimate of drug-likeness (QED) is 0.612. The van der Waals surface area contributed by atoms with Crippen molar-refractivity contribution in [3.8, 4) is 0 Å². The normalized spacial score (nSPS) is 26.0. The Kier molecular flexibility index (Phi) is 5.80. The van der Waals surface area contributed by atoms with Gasteiger partial charge in [0.2, 0.25) is 0 Å². The van der Waals surface area contributed by atoms with Crippen LogP contribution in [0.25, 0.3) is 0 Å². The van der Waals surface area contributed by atoms with Crippen LogP contribution in [0.1, 0.15) is 64.0 Å². The average molecular weight is 414 g/mol. The first-order chi connectivity index (χ1) is 14.3. The van der Waals surface area contributed by atoms with Crippen molar-refractivity contribution in [2.75, 3.05) is 18.0 Å². The van der Waals surface area contributed by atoms with Gasteiger partial charge in [-0.05, 0) is 54.7 Å². The van der Waals surface area contributed by atoms with Gasteiger partial charge < -0.3 is 26.2 Å². The highest BCUT2D eigenvalue weighted by molar-refractivity contribution is 5.78. The lowest BCUT2D eigenvalue weighted by Gasteiger charge is -2.33. The van der Waals surface area contributed by atoms with Crippen molar-refractivity contribution in [1.29, 1.82) is 0 Å². The number of benzene rings is 1. The molecular weight excluding hydrogens is 378 g/mol. The summed E-state index contributed by atoms with van der Waals surface area (Å²) < 4.78 is 0. The Bertz CT molecular complexity index is 797. The standard InChI is InChI=1S/C23H35N5O2/c1-23(2,3)16-10-9-15(19(13-16)28-11-4-5-12-28)14-24-21(29)25-17-7-6-8-18-20(17)27-22(30)26-18/h9-10,13,17-18,20H,4-8,11-12,14H2,1-3H3,(H2,24,25,29)(H2,26,27,30). The average Bonchev–Trinajstić information content (AvgIpc) is 3.35. The summed E-state index contributed by atoms with van der Waals surface area (Å²) in [5.41, 5.74) is 3.80. The fourth-order valence-corrected chi connectivity index (χ4v) is 4.91. The van der Waals surface area contributed by atoms with Crippen molar-refractivity contribution < 1.29 is 9.59 Å². The molecule has 2 heterocycles. The smallest absolute Gasteiger partial charge is 0.315 e. The Morgan fingerprint density at radius 3 is 2.63 bits per heavy atom. The van der Waals surface area contributed by atoms with E-state index >= 15 is 0 Å². The second-order valence-electron chi connectivity index (χ2n) is 9.90. The Morgan fingerprint density at radius 1 is 1.13 bits per heavy atom. The molecule has 4 rings (SSSR count). The van der Waals surface area contributed by atoms with Crippen molar-refractivity contribution >= 4 is 17.7 Å². The summed E-state index contributed by atoms with van der Waals surface area (Å²) in [6, 6.07) is 6.38. The number of nitrogens with one attached hydrogen (secondary N) is 4. The van der Waals surface area contributed by atoms with Crippen LogP contribution in [-0.4, -0.2) is 43.3 Å². The van der Waals surface area contributed by atoms with Crippen LogP contribution in [-0.2, 0) is 12.0 Å². The van der Waals surface area contributed by atoms with Gasteiger partial charge in [-0.2, -0.15) is 0 Å². The third-order valence-electron chi connectivity index (χ3n) is 6.67. The van der Waals surface area contributed by atoms with Crippen LogP contribution in [0, 0.1) is 0 Å². The minimum Gasteiger partial charge on any atom is -0.371 e. The molecule has 0 spiro atoms. The lowest BCUT2D eigenvalue weighted by molar-refractivity contribution is 0.223. The number of hydrogen-bond acceptors (Lipinski definition) is 3. The molecule has 4 amide bonds. The van der Waals surface area contributed by atoms with E-state index < -0.39 is 0 Å². The minimum atomic E-state index is -0.172. The SMILES string of the molecule is CC(C)(C)c1ccc(CNC(=O)NC2CCCC3NC(=O)NC23)c(N2CCCC2)c1. The largest absolute Gasteiger partial charge is 0.371 e. The van der Waals surface area contributed by atoms with E-state index in [1.165, 1.54) is 24.1 Å². The monoisotopic (exact) mass is 413 g/mol. The molecule has 0 radical (unpaired) electrons. The van der Waals surface area contributed by atoms with Gasteiger partial charge in [-0.25, -0.2) is 9.59 Å². The predicted octanol–water partition coefficient (Wildman–Crippen LogP) is 2.99. The molecule has 3 unspecified atom stereocenters. The number of carbonyl (C=O) groups is 2. The molecule has 1 aliphatic carbocycles. The van der Waals surface area contributed by atoms with Crippen LogP contribution in [0.5, 0.6) is 0 Å². The predicted molar refractivity (Wildman–Crippen MR) is 119 cm³/mol. The first kappa shape index (κ1) is 20.8. The number of anilines is 1. The Hall–Kier alpha value is -2.44. The highest BCUT2D eigenvalue weighted by Gasteiger charge is 2.40. The van der Waals surface area contributed by atoms with Gasteiger partial charge in [0.25, 0.3) is 0 Å². The van der Waals surface area contributed by atoms with Crippen molar-refractivity contribution in [3.63, 3.8) is 0 Å². The third kappa shape index (κ3) is 4.50. The van der Waals surface area contributed by atoms with E-state index in [0.29, 0.717) is 6.54 Å². The van der Waals surface area contributed by atoms with Gasteiger partial charge in [0.05, 0.1) is 18.1 Å². The maximum atomic E-state index is 12.6. The fraction of sp³-hybridized carbons (Fsp3) is 0.652. The molecule has 7 heteroatoms.